The Hall–Kier alpha value is 0.0969. The molecule has 3 rings (SSSR count). The molecule has 0 N–H and O–H groups in total. The summed E-state index contributed by atoms with van der Waals surface area (Å²) in [5.41, 5.74) is 0. The Kier molecular flexibility index (Phi) is 3.37. The molecule has 0 aromatic carbocycles. The largest absolute Gasteiger partial charge is 0.402 e. The Bertz CT molecular complexity index is 156. The maximum absolute atomic E-state index is 5.67. The lowest BCUT2D eigenvalue weighted by Gasteiger charge is -2.46. The first-order valence-electron chi connectivity index (χ1n) is 5.12. The van der Waals surface area contributed by atoms with Gasteiger partial charge in [-0.1, -0.05) is 0 Å². The molecule has 0 radical (unpaired) electrons. The molecule has 3 unspecified atom stereocenters. The lowest BCUT2D eigenvalue weighted by atomic mass is 9.78. The second-order valence-corrected chi connectivity index (χ2v) is 5.19. The van der Waals surface area contributed by atoms with Crippen LogP contribution in [0.5, 0.6) is 0 Å². The lowest BCUT2D eigenvalue weighted by Crippen LogP contribution is -2.47. The van der Waals surface area contributed by atoms with Crippen molar-refractivity contribution in [1.82, 2.24) is 0 Å². The summed E-state index contributed by atoms with van der Waals surface area (Å²) < 4.78 is 16.0. The standard InChI is InChI=1S/C9H18O3Si/c1-10-13-11-5-4-7-2-3-8-6-9(7)12-8/h7-9H,2-6,13H2,1H3. The van der Waals surface area contributed by atoms with Gasteiger partial charge in [0, 0.05) is 20.1 Å². The van der Waals surface area contributed by atoms with Gasteiger partial charge in [-0.2, -0.15) is 0 Å². The fraction of sp³-hybridized carbons (Fsp3) is 1.00. The van der Waals surface area contributed by atoms with E-state index < -0.39 is 10.0 Å². The van der Waals surface area contributed by atoms with Crippen LogP contribution in [0.3, 0.4) is 0 Å². The monoisotopic (exact) mass is 202 g/mol. The van der Waals surface area contributed by atoms with Gasteiger partial charge in [-0.25, -0.2) is 0 Å². The average Bonchev–Trinajstić information content (AvgIpc) is 2.12. The highest BCUT2D eigenvalue weighted by Crippen LogP contribution is 2.40. The van der Waals surface area contributed by atoms with Crippen molar-refractivity contribution in [3.05, 3.63) is 0 Å². The molecule has 2 aliphatic heterocycles. The van der Waals surface area contributed by atoms with Gasteiger partial charge < -0.3 is 13.6 Å². The molecule has 3 atom stereocenters. The first-order chi connectivity index (χ1) is 6.40. The fourth-order valence-corrected chi connectivity index (χ4v) is 2.73. The fourth-order valence-electron chi connectivity index (χ4n) is 2.28. The summed E-state index contributed by atoms with van der Waals surface area (Å²) in [6.07, 6.45) is 6.23. The van der Waals surface area contributed by atoms with Crippen LogP contribution < -0.4 is 0 Å². The molecule has 0 aromatic rings. The van der Waals surface area contributed by atoms with Crippen LogP contribution in [0, 0.1) is 5.92 Å². The van der Waals surface area contributed by atoms with E-state index in [-0.39, 0.29) is 0 Å². The Morgan fingerprint density at radius 3 is 2.92 bits per heavy atom. The predicted molar refractivity (Wildman–Crippen MR) is 52.1 cm³/mol. The molecule has 0 aromatic heterocycles. The van der Waals surface area contributed by atoms with Gasteiger partial charge in [0.2, 0.25) is 0 Å². The van der Waals surface area contributed by atoms with Crippen LogP contribution in [0.2, 0.25) is 0 Å². The smallest absolute Gasteiger partial charge is 0.304 e. The highest BCUT2D eigenvalue weighted by molar-refractivity contribution is 6.17. The van der Waals surface area contributed by atoms with Crippen molar-refractivity contribution in [3.63, 3.8) is 0 Å². The lowest BCUT2D eigenvalue weighted by molar-refractivity contribution is -0.187. The quantitative estimate of drug-likeness (QED) is 0.483. The first kappa shape index (κ1) is 9.64. The van der Waals surface area contributed by atoms with Gasteiger partial charge in [0.15, 0.2) is 0 Å². The van der Waals surface area contributed by atoms with Crippen LogP contribution in [0.4, 0.5) is 0 Å². The average molecular weight is 202 g/mol. The Balaban J connectivity index is 1.58. The molecule has 0 spiro atoms. The summed E-state index contributed by atoms with van der Waals surface area (Å²) in [5.74, 6) is 0.760. The number of hydrogen-bond acceptors (Lipinski definition) is 3. The molecule has 76 valence electrons. The molecule has 2 saturated heterocycles. The predicted octanol–water partition coefficient (Wildman–Crippen LogP) is 0.606. The zero-order chi connectivity index (χ0) is 9.10. The minimum Gasteiger partial charge on any atom is -0.402 e. The van der Waals surface area contributed by atoms with Gasteiger partial charge in [-0.05, 0) is 25.2 Å². The van der Waals surface area contributed by atoms with Crippen LogP contribution >= 0.6 is 0 Å². The van der Waals surface area contributed by atoms with E-state index in [2.05, 4.69) is 0 Å². The first-order valence-corrected chi connectivity index (χ1v) is 6.27. The van der Waals surface area contributed by atoms with E-state index in [1.165, 1.54) is 19.3 Å². The third-order valence-corrected chi connectivity index (χ3v) is 3.77. The summed E-state index contributed by atoms with van der Waals surface area (Å²) in [7, 11) is 1.04. The molecule has 3 nitrogen and oxygen atoms in total. The summed E-state index contributed by atoms with van der Waals surface area (Å²) >= 11 is 0. The van der Waals surface area contributed by atoms with Gasteiger partial charge in [0.1, 0.15) is 0 Å². The Labute approximate surface area is 81.8 Å². The van der Waals surface area contributed by atoms with E-state index in [1.807, 2.05) is 0 Å². The van der Waals surface area contributed by atoms with Crippen LogP contribution in [-0.2, 0) is 13.6 Å². The van der Waals surface area contributed by atoms with E-state index in [0.717, 1.165) is 18.9 Å². The van der Waals surface area contributed by atoms with Crippen molar-refractivity contribution in [2.75, 3.05) is 13.7 Å². The minimum atomic E-state index is -0.670. The maximum Gasteiger partial charge on any atom is 0.304 e. The second-order valence-electron chi connectivity index (χ2n) is 3.97. The molecular weight excluding hydrogens is 184 g/mol. The second kappa shape index (κ2) is 4.55. The van der Waals surface area contributed by atoms with Crippen molar-refractivity contribution in [2.24, 2.45) is 5.92 Å². The highest BCUT2D eigenvalue weighted by Gasteiger charge is 2.40. The van der Waals surface area contributed by atoms with Gasteiger partial charge in [0.25, 0.3) is 0 Å². The summed E-state index contributed by atoms with van der Waals surface area (Å²) in [5, 5.41) is 0. The third-order valence-electron chi connectivity index (χ3n) is 3.08. The maximum atomic E-state index is 5.67. The van der Waals surface area contributed by atoms with Crippen molar-refractivity contribution in [1.29, 1.82) is 0 Å². The Morgan fingerprint density at radius 1 is 1.46 bits per heavy atom. The summed E-state index contributed by atoms with van der Waals surface area (Å²) in [6.45, 7) is 0.870. The molecule has 13 heavy (non-hydrogen) atoms. The number of ether oxygens (including phenoxy) is 1. The SMILES string of the molecule is CO[SiH2]OCCC1CCC2CC1O2. The van der Waals surface area contributed by atoms with Crippen LogP contribution in [-0.4, -0.2) is 35.9 Å². The summed E-state index contributed by atoms with van der Waals surface area (Å²) in [6, 6.07) is 0. The topological polar surface area (TPSA) is 27.7 Å². The van der Waals surface area contributed by atoms with E-state index in [0.29, 0.717) is 12.2 Å². The molecular formula is C9H18O3Si. The summed E-state index contributed by atoms with van der Waals surface area (Å²) in [4.78, 5) is 0. The molecule has 4 heteroatoms. The zero-order valence-corrected chi connectivity index (χ0v) is 9.61. The van der Waals surface area contributed by atoms with Crippen LogP contribution in [0.25, 0.3) is 0 Å². The molecule has 3 aliphatic rings. The van der Waals surface area contributed by atoms with Gasteiger partial charge in [-0.3, -0.25) is 0 Å². The van der Waals surface area contributed by atoms with E-state index in [1.54, 1.807) is 7.11 Å². The zero-order valence-electron chi connectivity index (χ0n) is 8.20. The van der Waals surface area contributed by atoms with Crippen molar-refractivity contribution in [2.45, 2.75) is 37.9 Å². The molecule has 1 saturated carbocycles. The molecule has 2 heterocycles. The van der Waals surface area contributed by atoms with Crippen molar-refractivity contribution < 1.29 is 13.6 Å². The van der Waals surface area contributed by atoms with Gasteiger partial charge in [0.05, 0.1) is 12.2 Å². The number of hydrogen-bond donors (Lipinski definition) is 0. The van der Waals surface area contributed by atoms with Gasteiger partial charge >= 0.3 is 10.0 Å². The van der Waals surface area contributed by atoms with E-state index >= 15 is 0 Å². The Morgan fingerprint density at radius 2 is 2.31 bits per heavy atom. The highest BCUT2D eigenvalue weighted by atomic mass is 28.3. The van der Waals surface area contributed by atoms with Gasteiger partial charge in [-0.15, -0.1) is 0 Å². The molecule has 3 fully saturated rings. The third kappa shape index (κ3) is 2.31. The molecule has 1 aliphatic carbocycles. The van der Waals surface area contributed by atoms with Crippen molar-refractivity contribution in [3.8, 4) is 0 Å². The molecule has 2 bridgehead atoms. The van der Waals surface area contributed by atoms with E-state index in [4.69, 9.17) is 13.6 Å². The normalized spacial score (nSPS) is 38.1. The van der Waals surface area contributed by atoms with E-state index in [9.17, 15) is 0 Å². The molecule has 0 amide bonds. The van der Waals surface area contributed by atoms with Crippen LogP contribution in [0.1, 0.15) is 25.7 Å². The number of rotatable bonds is 5. The number of fused-ring (bicyclic) bond motifs is 2. The van der Waals surface area contributed by atoms with Crippen LogP contribution in [0.15, 0.2) is 0 Å². The van der Waals surface area contributed by atoms with Crippen molar-refractivity contribution >= 4 is 10.0 Å². The minimum absolute atomic E-state index is 0.562.